The summed E-state index contributed by atoms with van der Waals surface area (Å²) >= 11 is 5.25. The lowest BCUT2D eigenvalue weighted by molar-refractivity contribution is -0.137. The Bertz CT molecular complexity index is 742. The molecule has 0 spiro atoms. The van der Waals surface area contributed by atoms with Crippen molar-refractivity contribution < 1.29 is 13.2 Å². The van der Waals surface area contributed by atoms with Gasteiger partial charge in [-0.3, -0.25) is 0 Å². The van der Waals surface area contributed by atoms with Crippen LogP contribution in [0.5, 0.6) is 0 Å². The number of hydrogen-bond donors (Lipinski definition) is 2. The number of alkyl halides is 3. The van der Waals surface area contributed by atoms with E-state index in [0.29, 0.717) is 10.8 Å². The zero-order chi connectivity index (χ0) is 19.4. The van der Waals surface area contributed by atoms with Crippen molar-refractivity contribution in [2.45, 2.75) is 44.8 Å². The van der Waals surface area contributed by atoms with Gasteiger partial charge in [0.15, 0.2) is 5.11 Å². The number of benzene rings is 2. The Hall–Kier alpha value is -2.08. The van der Waals surface area contributed by atoms with Crippen molar-refractivity contribution in [2.24, 2.45) is 0 Å². The predicted octanol–water partition coefficient (Wildman–Crippen LogP) is 5.75. The fraction of sp³-hybridized carbons (Fsp3) is 0.350. The fourth-order valence-corrected chi connectivity index (χ4v) is 3.31. The summed E-state index contributed by atoms with van der Waals surface area (Å²) in [6.07, 6.45) is -3.55. The molecule has 0 saturated carbocycles. The number of rotatable bonds is 5. The molecule has 2 nitrogen and oxygen atoms in total. The molecule has 0 aliphatic heterocycles. The number of halogens is 3. The number of nitrogens with one attached hydrogen (secondary N) is 2. The van der Waals surface area contributed by atoms with Crippen molar-refractivity contribution in [2.75, 3.05) is 5.32 Å². The number of thiocarbonyl (C=S) groups is 1. The molecule has 0 radical (unpaired) electrons. The second-order valence-electron chi connectivity index (χ2n) is 7.03. The zero-order valence-electron chi connectivity index (χ0n) is 15.0. The highest BCUT2D eigenvalue weighted by molar-refractivity contribution is 7.80. The van der Waals surface area contributed by atoms with Crippen LogP contribution in [-0.4, -0.2) is 11.2 Å². The van der Waals surface area contributed by atoms with Crippen molar-refractivity contribution in [1.82, 2.24) is 5.32 Å². The molecule has 0 amide bonds. The Balaban J connectivity index is 1.95. The van der Waals surface area contributed by atoms with Gasteiger partial charge in [0.05, 0.1) is 5.56 Å². The van der Waals surface area contributed by atoms with Gasteiger partial charge in [-0.2, -0.15) is 13.2 Å². The Kier molecular flexibility index (Phi) is 6.29. The molecular weight excluding hydrogens is 357 g/mol. The van der Waals surface area contributed by atoms with Crippen LogP contribution in [0.4, 0.5) is 18.9 Å². The van der Waals surface area contributed by atoms with E-state index in [1.165, 1.54) is 11.6 Å². The summed E-state index contributed by atoms with van der Waals surface area (Å²) in [4.78, 5) is 0. The predicted molar refractivity (Wildman–Crippen MR) is 104 cm³/mol. The van der Waals surface area contributed by atoms with E-state index in [0.717, 1.165) is 18.6 Å². The minimum atomic E-state index is -4.38. The van der Waals surface area contributed by atoms with E-state index in [2.05, 4.69) is 36.6 Å². The Labute approximate surface area is 157 Å². The summed E-state index contributed by atoms with van der Waals surface area (Å²) in [7, 11) is 0. The molecule has 0 fully saturated rings. The van der Waals surface area contributed by atoms with Gasteiger partial charge in [-0.05, 0) is 54.7 Å². The lowest BCUT2D eigenvalue weighted by Gasteiger charge is -2.29. The van der Waals surface area contributed by atoms with Gasteiger partial charge in [-0.1, -0.05) is 50.2 Å². The fourth-order valence-electron chi connectivity index (χ4n) is 2.99. The summed E-state index contributed by atoms with van der Waals surface area (Å²) in [6, 6.07) is 15.2. The molecule has 2 rings (SSSR count). The highest BCUT2D eigenvalue weighted by Gasteiger charge is 2.30. The van der Waals surface area contributed by atoms with Crippen molar-refractivity contribution in [3.8, 4) is 0 Å². The zero-order valence-corrected chi connectivity index (χ0v) is 15.8. The van der Waals surface area contributed by atoms with Gasteiger partial charge in [-0.25, -0.2) is 0 Å². The van der Waals surface area contributed by atoms with E-state index in [-0.39, 0.29) is 11.5 Å². The second kappa shape index (κ2) is 8.08. The molecule has 2 N–H and O–H groups in total. The molecule has 26 heavy (non-hydrogen) atoms. The van der Waals surface area contributed by atoms with E-state index < -0.39 is 11.7 Å². The van der Waals surface area contributed by atoms with Crippen molar-refractivity contribution >= 4 is 23.0 Å². The number of hydrogen-bond acceptors (Lipinski definition) is 1. The molecule has 1 atom stereocenters. The van der Waals surface area contributed by atoms with Crippen LogP contribution in [-0.2, 0) is 11.6 Å². The Morgan fingerprint density at radius 1 is 1.00 bits per heavy atom. The third-order valence-corrected chi connectivity index (χ3v) is 4.42. The van der Waals surface area contributed by atoms with Gasteiger partial charge in [0.25, 0.3) is 0 Å². The molecule has 2 aromatic carbocycles. The molecule has 140 valence electrons. The largest absolute Gasteiger partial charge is 0.416 e. The standard InChI is InChI=1S/C20H23F3N2S/c1-14(13-19(2,3)15-8-5-4-6-9-15)24-18(26)25-17-11-7-10-16(12-17)20(21,22)23/h4-12,14H,13H2,1-3H3,(H2,24,25,26)/t14-/m0/s1. The van der Waals surface area contributed by atoms with Crippen molar-refractivity contribution in [3.05, 3.63) is 65.7 Å². The van der Waals surface area contributed by atoms with Crippen LogP contribution >= 0.6 is 12.2 Å². The lowest BCUT2D eigenvalue weighted by atomic mass is 9.79. The van der Waals surface area contributed by atoms with Crippen molar-refractivity contribution in [1.29, 1.82) is 0 Å². The second-order valence-corrected chi connectivity index (χ2v) is 7.44. The molecular formula is C20H23F3N2S. The Morgan fingerprint density at radius 2 is 1.62 bits per heavy atom. The molecule has 6 heteroatoms. The van der Waals surface area contributed by atoms with Gasteiger partial charge in [0, 0.05) is 11.7 Å². The molecule has 0 aliphatic rings. The van der Waals surface area contributed by atoms with E-state index in [9.17, 15) is 13.2 Å². The van der Waals surface area contributed by atoms with E-state index in [4.69, 9.17) is 12.2 Å². The summed E-state index contributed by atoms with van der Waals surface area (Å²) < 4.78 is 38.4. The maximum Gasteiger partial charge on any atom is 0.416 e. The quantitative estimate of drug-likeness (QED) is 0.646. The maximum atomic E-state index is 12.8. The first kappa shape index (κ1) is 20.2. The third-order valence-electron chi connectivity index (χ3n) is 4.20. The van der Waals surface area contributed by atoms with Gasteiger partial charge in [0.2, 0.25) is 0 Å². The normalized spacial score (nSPS) is 13.2. The molecule has 0 unspecified atom stereocenters. The first-order valence-electron chi connectivity index (χ1n) is 8.38. The molecule has 0 aromatic heterocycles. The summed E-state index contributed by atoms with van der Waals surface area (Å²) in [5.41, 5.74) is 0.778. The smallest absolute Gasteiger partial charge is 0.360 e. The van der Waals surface area contributed by atoms with Crippen LogP contribution in [0.1, 0.15) is 38.3 Å². The third kappa shape index (κ3) is 5.73. The van der Waals surface area contributed by atoms with E-state index >= 15 is 0 Å². The number of anilines is 1. The molecule has 0 heterocycles. The van der Waals surface area contributed by atoms with Gasteiger partial charge < -0.3 is 10.6 Å². The van der Waals surface area contributed by atoms with Gasteiger partial charge in [0.1, 0.15) is 0 Å². The lowest BCUT2D eigenvalue weighted by Crippen LogP contribution is -2.39. The average molecular weight is 380 g/mol. The molecule has 2 aromatic rings. The van der Waals surface area contributed by atoms with Crippen LogP contribution in [0, 0.1) is 0 Å². The van der Waals surface area contributed by atoms with Crippen LogP contribution in [0.15, 0.2) is 54.6 Å². The van der Waals surface area contributed by atoms with Crippen LogP contribution in [0.3, 0.4) is 0 Å². The summed E-state index contributed by atoms with van der Waals surface area (Å²) in [6.45, 7) is 6.32. The van der Waals surface area contributed by atoms with Gasteiger partial charge >= 0.3 is 6.18 Å². The first-order chi connectivity index (χ1) is 12.1. The highest BCUT2D eigenvalue weighted by atomic mass is 32.1. The van der Waals surface area contributed by atoms with Crippen molar-refractivity contribution in [3.63, 3.8) is 0 Å². The monoisotopic (exact) mass is 380 g/mol. The van der Waals surface area contributed by atoms with Gasteiger partial charge in [-0.15, -0.1) is 0 Å². The molecule has 0 saturated heterocycles. The SMILES string of the molecule is C[C@@H](CC(C)(C)c1ccccc1)NC(=S)Nc1cccc(C(F)(F)F)c1. The van der Waals surface area contributed by atoms with E-state index in [1.54, 1.807) is 6.07 Å². The topological polar surface area (TPSA) is 24.1 Å². The maximum absolute atomic E-state index is 12.8. The van der Waals surface area contributed by atoms with Crippen LogP contribution in [0.2, 0.25) is 0 Å². The summed E-state index contributed by atoms with van der Waals surface area (Å²) in [5, 5.41) is 6.29. The summed E-state index contributed by atoms with van der Waals surface area (Å²) in [5.74, 6) is 0. The highest BCUT2D eigenvalue weighted by Crippen LogP contribution is 2.31. The molecule has 0 bridgehead atoms. The molecule has 0 aliphatic carbocycles. The first-order valence-corrected chi connectivity index (χ1v) is 8.79. The minimum absolute atomic E-state index is 0.0519. The van der Waals surface area contributed by atoms with Crippen LogP contribution < -0.4 is 10.6 Å². The Morgan fingerprint density at radius 3 is 2.23 bits per heavy atom. The van der Waals surface area contributed by atoms with E-state index in [1.807, 2.05) is 25.1 Å². The minimum Gasteiger partial charge on any atom is -0.360 e. The average Bonchev–Trinajstić information content (AvgIpc) is 2.54. The van der Waals surface area contributed by atoms with Crippen LogP contribution in [0.25, 0.3) is 0 Å².